The van der Waals surface area contributed by atoms with Crippen LogP contribution in [0.2, 0.25) is 0 Å². The molecular weight excluding hydrogens is 310 g/mol. The van der Waals surface area contributed by atoms with Gasteiger partial charge in [-0.15, -0.1) is 0 Å². The van der Waals surface area contributed by atoms with Crippen molar-refractivity contribution in [3.05, 3.63) is 23.8 Å². The Morgan fingerprint density at radius 3 is 2.43 bits per heavy atom. The minimum Gasteiger partial charge on any atom is -0.394 e. The van der Waals surface area contributed by atoms with Crippen LogP contribution in [0, 0.1) is 11.3 Å². The van der Waals surface area contributed by atoms with Gasteiger partial charge in [-0.1, -0.05) is 12.2 Å². The predicted octanol–water partition coefficient (Wildman–Crippen LogP) is -3.09. The lowest BCUT2D eigenvalue weighted by Gasteiger charge is -2.42. The lowest BCUT2D eigenvalue weighted by molar-refractivity contribution is -0.314. The number of rotatable bonds is 3. The Morgan fingerprint density at radius 1 is 1.13 bits per heavy atom. The number of allylic oxidation sites excluding steroid dienone is 1. The summed E-state index contributed by atoms with van der Waals surface area (Å²) in [5.74, 6) is 0. The van der Waals surface area contributed by atoms with E-state index in [-0.39, 0.29) is 5.57 Å². The zero-order valence-corrected chi connectivity index (χ0v) is 12.0. The SMILES string of the molecule is N#CC=C1C=C[C@H](O)[C@@H](O)[C@@H]1O[C@@H]1O[C@H](CO)[C@@H](O)[C@H](O)[C@H]1O. The molecule has 23 heavy (non-hydrogen) atoms. The smallest absolute Gasteiger partial charge is 0.187 e. The number of aliphatic hydroxyl groups excluding tert-OH is 6. The summed E-state index contributed by atoms with van der Waals surface area (Å²) in [5, 5.41) is 66.9. The van der Waals surface area contributed by atoms with E-state index >= 15 is 0 Å². The summed E-state index contributed by atoms with van der Waals surface area (Å²) in [7, 11) is 0. The summed E-state index contributed by atoms with van der Waals surface area (Å²) in [6.45, 7) is -0.624. The third-order valence-corrected chi connectivity index (χ3v) is 3.83. The van der Waals surface area contributed by atoms with Gasteiger partial charge in [-0.2, -0.15) is 5.26 Å². The monoisotopic (exact) mass is 329 g/mol. The molecule has 8 atom stereocenters. The highest BCUT2D eigenvalue weighted by Crippen LogP contribution is 2.28. The molecule has 1 heterocycles. The molecule has 0 saturated carbocycles. The topological polar surface area (TPSA) is 164 Å². The minimum absolute atomic E-state index is 0.238. The highest BCUT2D eigenvalue weighted by atomic mass is 16.7. The molecule has 0 aromatic rings. The summed E-state index contributed by atoms with van der Waals surface area (Å²) < 4.78 is 10.6. The van der Waals surface area contributed by atoms with E-state index in [0.717, 1.165) is 6.08 Å². The van der Waals surface area contributed by atoms with Crippen molar-refractivity contribution in [1.82, 2.24) is 0 Å². The van der Waals surface area contributed by atoms with Crippen molar-refractivity contribution in [2.75, 3.05) is 6.61 Å². The first-order valence-corrected chi connectivity index (χ1v) is 7.00. The van der Waals surface area contributed by atoms with Gasteiger partial charge in [0.25, 0.3) is 0 Å². The van der Waals surface area contributed by atoms with Crippen LogP contribution in [0.15, 0.2) is 23.8 Å². The average Bonchev–Trinajstić information content (AvgIpc) is 2.54. The maximum absolute atomic E-state index is 10.0. The van der Waals surface area contributed by atoms with Gasteiger partial charge in [0.15, 0.2) is 6.29 Å². The van der Waals surface area contributed by atoms with Crippen molar-refractivity contribution < 1.29 is 40.1 Å². The summed E-state index contributed by atoms with van der Waals surface area (Å²) in [4.78, 5) is 0. The number of nitriles is 1. The van der Waals surface area contributed by atoms with E-state index in [2.05, 4.69) is 0 Å². The number of hydrogen-bond donors (Lipinski definition) is 6. The summed E-state index contributed by atoms with van der Waals surface area (Å²) in [6, 6.07) is 1.77. The second kappa shape index (κ2) is 7.48. The summed E-state index contributed by atoms with van der Waals surface area (Å²) >= 11 is 0. The molecule has 0 aromatic heterocycles. The van der Waals surface area contributed by atoms with Gasteiger partial charge in [-0.05, 0) is 5.57 Å². The van der Waals surface area contributed by atoms with Crippen LogP contribution >= 0.6 is 0 Å². The van der Waals surface area contributed by atoms with Gasteiger partial charge in [-0.3, -0.25) is 0 Å². The van der Waals surface area contributed by atoms with Crippen molar-refractivity contribution in [2.24, 2.45) is 0 Å². The van der Waals surface area contributed by atoms with E-state index < -0.39 is 55.6 Å². The van der Waals surface area contributed by atoms with E-state index in [9.17, 15) is 25.5 Å². The van der Waals surface area contributed by atoms with Crippen LogP contribution in [0.5, 0.6) is 0 Å². The van der Waals surface area contributed by atoms with Gasteiger partial charge in [-0.25, -0.2) is 0 Å². The number of ether oxygens (including phenoxy) is 2. The summed E-state index contributed by atoms with van der Waals surface area (Å²) in [6.07, 6.45) is -7.57. The van der Waals surface area contributed by atoms with Crippen molar-refractivity contribution in [1.29, 1.82) is 5.26 Å². The second-order valence-electron chi connectivity index (χ2n) is 5.37. The molecule has 0 aromatic carbocycles. The zero-order chi connectivity index (χ0) is 17.1. The highest BCUT2D eigenvalue weighted by molar-refractivity contribution is 5.34. The summed E-state index contributed by atoms with van der Waals surface area (Å²) in [5.41, 5.74) is 0.238. The van der Waals surface area contributed by atoms with E-state index in [1.54, 1.807) is 6.07 Å². The molecule has 128 valence electrons. The Hall–Kier alpha value is -1.35. The lowest BCUT2D eigenvalue weighted by atomic mass is 9.93. The molecule has 0 bridgehead atoms. The van der Waals surface area contributed by atoms with Crippen LogP contribution in [0.1, 0.15) is 0 Å². The molecule has 1 fully saturated rings. The predicted molar refractivity (Wildman–Crippen MR) is 73.5 cm³/mol. The molecule has 6 N–H and O–H groups in total. The molecule has 2 aliphatic rings. The molecule has 9 heteroatoms. The molecule has 1 aliphatic heterocycles. The molecule has 1 saturated heterocycles. The maximum Gasteiger partial charge on any atom is 0.187 e. The second-order valence-corrected chi connectivity index (χ2v) is 5.37. The van der Waals surface area contributed by atoms with Crippen LogP contribution in [0.25, 0.3) is 0 Å². The number of hydrogen-bond acceptors (Lipinski definition) is 9. The van der Waals surface area contributed by atoms with Crippen LogP contribution in [-0.2, 0) is 9.47 Å². The molecule has 1 aliphatic carbocycles. The normalized spacial score (nSPS) is 45.9. The van der Waals surface area contributed by atoms with E-state index in [1.165, 1.54) is 12.2 Å². The van der Waals surface area contributed by atoms with Gasteiger partial charge in [0.2, 0.25) is 0 Å². The Balaban J connectivity index is 2.20. The Kier molecular flexibility index (Phi) is 5.85. The molecule has 2 rings (SSSR count). The number of nitrogens with zero attached hydrogens (tertiary/aromatic N) is 1. The third kappa shape index (κ3) is 3.60. The number of aliphatic hydroxyl groups is 6. The first-order chi connectivity index (χ1) is 10.9. The van der Waals surface area contributed by atoms with E-state index in [0.29, 0.717) is 0 Å². The maximum atomic E-state index is 10.0. The Labute approximate surface area is 131 Å². The van der Waals surface area contributed by atoms with Crippen LogP contribution in [0.3, 0.4) is 0 Å². The molecule has 0 unspecified atom stereocenters. The van der Waals surface area contributed by atoms with Crippen molar-refractivity contribution in [2.45, 2.75) is 49.0 Å². The van der Waals surface area contributed by atoms with E-state index in [4.69, 9.17) is 19.8 Å². The van der Waals surface area contributed by atoms with Gasteiger partial charge >= 0.3 is 0 Å². The van der Waals surface area contributed by atoms with Crippen molar-refractivity contribution in [3.63, 3.8) is 0 Å². The van der Waals surface area contributed by atoms with Crippen molar-refractivity contribution in [3.8, 4) is 6.07 Å². The first kappa shape index (κ1) is 18.0. The third-order valence-electron chi connectivity index (χ3n) is 3.83. The molecular formula is C14H19NO8. The van der Waals surface area contributed by atoms with E-state index in [1.807, 2.05) is 0 Å². The fraction of sp³-hybridized carbons (Fsp3) is 0.643. The first-order valence-electron chi connectivity index (χ1n) is 7.00. The Morgan fingerprint density at radius 2 is 1.83 bits per heavy atom. The van der Waals surface area contributed by atoms with Gasteiger partial charge in [0.05, 0.1) is 12.7 Å². The zero-order valence-electron chi connectivity index (χ0n) is 12.0. The minimum atomic E-state index is -1.65. The molecule has 0 amide bonds. The van der Waals surface area contributed by atoms with Crippen molar-refractivity contribution >= 4 is 0 Å². The van der Waals surface area contributed by atoms with Gasteiger partial charge in [0, 0.05) is 6.08 Å². The Bertz CT molecular complexity index is 513. The van der Waals surface area contributed by atoms with Crippen LogP contribution in [-0.4, -0.2) is 86.3 Å². The van der Waals surface area contributed by atoms with Crippen LogP contribution < -0.4 is 0 Å². The van der Waals surface area contributed by atoms with Crippen LogP contribution in [0.4, 0.5) is 0 Å². The molecule has 9 nitrogen and oxygen atoms in total. The fourth-order valence-corrected chi connectivity index (χ4v) is 2.48. The molecule has 0 radical (unpaired) electrons. The standard InChI is InChI=1S/C14H19NO8/c15-4-3-6-1-2-7(17)9(18)13(6)23-14-12(21)11(20)10(19)8(5-16)22-14/h1-3,7-14,16-21H,5H2/t7-,8+,9+,10+,11-,12+,13+,14-/m0/s1. The fourth-order valence-electron chi connectivity index (χ4n) is 2.48. The largest absolute Gasteiger partial charge is 0.394 e. The molecule has 0 spiro atoms. The average molecular weight is 329 g/mol. The van der Waals surface area contributed by atoms with Gasteiger partial charge < -0.3 is 40.1 Å². The van der Waals surface area contributed by atoms with Gasteiger partial charge in [0.1, 0.15) is 42.7 Å². The lowest BCUT2D eigenvalue weighted by Crippen LogP contribution is -2.60. The highest BCUT2D eigenvalue weighted by Gasteiger charge is 2.46. The quantitative estimate of drug-likeness (QED) is 0.294.